The molecule has 0 aliphatic heterocycles. The number of aromatic nitrogens is 12. The quantitative estimate of drug-likeness (QED) is 0.107. The van der Waals surface area contributed by atoms with Crippen LogP contribution in [-0.4, -0.2) is 90.1 Å². The van der Waals surface area contributed by atoms with Gasteiger partial charge in [-0.1, -0.05) is 0 Å². The second-order valence-corrected chi connectivity index (χ2v) is 12.7. The third-order valence-electron chi connectivity index (χ3n) is 8.07. The van der Waals surface area contributed by atoms with Gasteiger partial charge >= 0.3 is 0 Å². The van der Waals surface area contributed by atoms with E-state index >= 15 is 0 Å². The Morgan fingerprint density at radius 1 is 0.485 bits per heavy atom. The number of aliphatic hydroxyl groups excluding tert-OH is 1. The van der Waals surface area contributed by atoms with Crippen LogP contribution in [0.1, 0.15) is 24.2 Å². The number of hydrogen-bond acceptors (Lipinski definition) is 16. The van der Waals surface area contributed by atoms with Crippen LogP contribution < -0.4 is 16.0 Å². The molecular weight excluding hydrogens is 851 g/mol. The lowest BCUT2D eigenvalue weighted by Crippen LogP contribution is -2.07. The molecule has 3 aromatic carbocycles. The fraction of sp³-hybridized carbons (Fsp3) is 0.0455. The molecule has 9 rings (SSSR count). The molecule has 9 aromatic rings. The third kappa shape index (κ3) is 15.0. The maximum absolute atomic E-state index is 11.7. The van der Waals surface area contributed by atoms with Crippen molar-refractivity contribution in [1.82, 2.24) is 60.6 Å². The first-order valence-electron chi connectivity index (χ1n) is 19.5. The molecule has 0 spiro atoms. The smallest absolute Gasteiger partial charge is 0.248 e. The molecule has 22 nitrogen and oxygen atoms in total. The van der Waals surface area contributed by atoms with E-state index in [-0.39, 0.29) is 24.3 Å². The van der Waals surface area contributed by atoms with Gasteiger partial charge in [0.1, 0.15) is 36.3 Å². The lowest BCUT2D eigenvalue weighted by Gasteiger charge is -2.03. The number of tetrazole rings is 3. The van der Waals surface area contributed by atoms with Gasteiger partial charge in [-0.25, -0.2) is 14.0 Å². The third-order valence-corrected chi connectivity index (χ3v) is 8.07. The topological polar surface area (TPSA) is 278 Å². The van der Waals surface area contributed by atoms with Gasteiger partial charge in [0.2, 0.25) is 17.7 Å². The lowest BCUT2D eigenvalue weighted by molar-refractivity contribution is -0.112. The molecular formula is C44H39N15O7. The second kappa shape index (κ2) is 24.7. The zero-order chi connectivity index (χ0) is 46.2. The number of carbonyl (C=O) groups excluding carboxylic acids is 3. The largest absolute Gasteiger partial charge is 0.465 e. The predicted molar refractivity (Wildman–Crippen MR) is 239 cm³/mol. The Morgan fingerprint density at radius 2 is 0.758 bits per heavy atom. The first-order valence-corrected chi connectivity index (χ1v) is 19.5. The Bertz CT molecular complexity index is 2530. The summed E-state index contributed by atoms with van der Waals surface area (Å²) in [6.07, 6.45) is 18.2. The van der Waals surface area contributed by atoms with Crippen molar-refractivity contribution in [1.29, 1.82) is 0 Å². The normalized spacial score (nSPS) is 10.6. The highest BCUT2D eigenvalue weighted by molar-refractivity contribution is 6.03. The number of anilines is 3. The van der Waals surface area contributed by atoms with Crippen LogP contribution in [0.2, 0.25) is 0 Å². The highest BCUT2D eigenvalue weighted by Crippen LogP contribution is 2.15. The van der Waals surface area contributed by atoms with Gasteiger partial charge in [0.15, 0.2) is 0 Å². The molecule has 0 aliphatic rings. The average Bonchev–Trinajstić information content (AvgIpc) is 4.19. The monoisotopic (exact) mass is 889 g/mol. The molecule has 332 valence electrons. The molecule has 0 radical (unpaired) electrons. The Morgan fingerprint density at radius 3 is 0.970 bits per heavy atom. The summed E-state index contributed by atoms with van der Waals surface area (Å²) in [6.45, 7) is 1.93. The number of carbonyl (C=O) groups is 3. The molecule has 6 heterocycles. The van der Waals surface area contributed by atoms with Gasteiger partial charge in [0.25, 0.3) is 0 Å². The summed E-state index contributed by atoms with van der Waals surface area (Å²) in [5, 5.41) is 48.5. The minimum atomic E-state index is -0.235. The van der Waals surface area contributed by atoms with E-state index in [1.54, 1.807) is 117 Å². The summed E-state index contributed by atoms with van der Waals surface area (Å²) in [5.74, 6) is 1.17. The van der Waals surface area contributed by atoms with E-state index in [1.165, 1.54) is 51.3 Å². The number of nitrogens with zero attached hydrogens (tertiary/aromatic N) is 12. The van der Waals surface area contributed by atoms with Crippen LogP contribution in [0.15, 0.2) is 178 Å². The number of benzene rings is 3. The van der Waals surface area contributed by atoms with Gasteiger partial charge in [-0.3, -0.25) is 14.4 Å². The molecule has 0 fully saturated rings. The number of nitrogens with one attached hydrogen (secondary N) is 3. The summed E-state index contributed by atoms with van der Waals surface area (Å²) >= 11 is 0. The highest BCUT2D eigenvalue weighted by atomic mass is 16.3. The van der Waals surface area contributed by atoms with Crippen molar-refractivity contribution in [3.05, 3.63) is 182 Å². The Kier molecular flexibility index (Phi) is 17.1. The van der Waals surface area contributed by atoms with Gasteiger partial charge in [-0.15, -0.1) is 15.3 Å². The number of aliphatic hydroxyl groups is 1. The first kappa shape index (κ1) is 45.8. The van der Waals surface area contributed by atoms with Crippen LogP contribution in [0.4, 0.5) is 17.1 Å². The molecule has 0 saturated carbocycles. The van der Waals surface area contributed by atoms with Crippen molar-refractivity contribution in [2.75, 3.05) is 22.6 Å². The standard InChI is InChI=1S/3C14H11N5O2.C2H6O/c3*20-14(8-7-13-2-1-9-21-13)16-11-3-5-12(6-4-11)19-10-15-17-18-19;1-2-3/h3*1-10H,(H,16,20);3H,2H2,1H3/b3*8-7+;. The Hall–Kier alpha value is -9.70. The lowest BCUT2D eigenvalue weighted by atomic mass is 10.2. The molecule has 4 N–H and O–H groups in total. The molecule has 22 heteroatoms. The van der Waals surface area contributed by atoms with Crippen molar-refractivity contribution >= 4 is 53.0 Å². The zero-order valence-corrected chi connectivity index (χ0v) is 34.8. The Balaban J connectivity index is 0.000000159. The van der Waals surface area contributed by atoms with Crippen molar-refractivity contribution in [2.24, 2.45) is 0 Å². The second-order valence-electron chi connectivity index (χ2n) is 12.7. The van der Waals surface area contributed by atoms with Gasteiger partial charge in [-0.05, 0) is 166 Å². The van der Waals surface area contributed by atoms with E-state index in [0.717, 1.165) is 17.1 Å². The predicted octanol–water partition coefficient (Wildman–Crippen LogP) is 5.72. The molecule has 0 bridgehead atoms. The van der Waals surface area contributed by atoms with E-state index < -0.39 is 0 Å². The van der Waals surface area contributed by atoms with Gasteiger partial charge in [-0.2, -0.15) is 0 Å². The number of hydrogen-bond donors (Lipinski definition) is 4. The molecule has 0 aliphatic carbocycles. The maximum atomic E-state index is 11.7. The molecule has 66 heavy (non-hydrogen) atoms. The average molecular weight is 890 g/mol. The van der Waals surface area contributed by atoms with E-state index in [0.29, 0.717) is 34.3 Å². The first-order chi connectivity index (χ1) is 32.3. The van der Waals surface area contributed by atoms with E-state index in [9.17, 15) is 14.4 Å². The van der Waals surface area contributed by atoms with Crippen molar-refractivity contribution in [3.63, 3.8) is 0 Å². The van der Waals surface area contributed by atoms with E-state index in [1.807, 2.05) is 36.4 Å². The van der Waals surface area contributed by atoms with Crippen molar-refractivity contribution in [3.8, 4) is 17.1 Å². The summed E-state index contributed by atoms with van der Waals surface area (Å²) in [5.41, 5.74) is 4.47. The van der Waals surface area contributed by atoms with Crippen LogP contribution in [0.5, 0.6) is 0 Å². The number of amides is 3. The molecule has 0 unspecified atom stereocenters. The summed E-state index contributed by atoms with van der Waals surface area (Å²) < 4.78 is 19.9. The number of furan rings is 3. The number of rotatable bonds is 12. The summed E-state index contributed by atoms with van der Waals surface area (Å²) in [7, 11) is 0. The molecule has 0 atom stereocenters. The van der Waals surface area contributed by atoms with Crippen molar-refractivity contribution < 1.29 is 32.7 Å². The molecule has 3 amide bonds. The minimum absolute atomic E-state index is 0.235. The van der Waals surface area contributed by atoms with Gasteiger partial charge in [0.05, 0.1) is 35.9 Å². The van der Waals surface area contributed by atoms with Crippen LogP contribution >= 0.6 is 0 Å². The van der Waals surface area contributed by atoms with E-state index in [2.05, 4.69) is 62.5 Å². The minimum Gasteiger partial charge on any atom is -0.465 e. The summed E-state index contributed by atoms with van der Waals surface area (Å²) in [4.78, 5) is 35.2. The summed E-state index contributed by atoms with van der Waals surface area (Å²) in [6, 6.07) is 32.1. The van der Waals surface area contributed by atoms with Crippen LogP contribution in [-0.2, 0) is 14.4 Å². The molecule has 6 aromatic heterocycles. The van der Waals surface area contributed by atoms with Gasteiger partial charge < -0.3 is 34.3 Å². The fourth-order valence-electron chi connectivity index (χ4n) is 5.11. The van der Waals surface area contributed by atoms with Crippen molar-refractivity contribution in [2.45, 2.75) is 6.92 Å². The van der Waals surface area contributed by atoms with E-state index in [4.69, 9.17) is 18.4 Å². The maximum Gasteiger partial charge on any atom is 0.248 e. The fourth-order valence-corrected chi connectivity index (χ4v) is 5.11. The van der Waals surface area contributed by atoms with Crippen LogP contribution in [0.3, 0.4) is 0 Å². The highest BCUT2D eigenvalue weighted by Gasteiger charge is 2.04. The zero-order valence-electron chi connectivity index (χ0n) is 34.8. The van der Waals surface area contributed by atoms with Crippen LogP contribution in [0, 0.1) is 0 Å². The SMILES string of the molecule is CCO.O=C(/C=C/c1ccco1)Nc1ccc(-n2cnnn2)cc1.O=C(/C=C/c1ccco1)Nc1ccc(-n2cnnn2)cc1.O=C(/C=C/c1ccco1)Nc1ccc(-n2cnnn2)cc1. The molecule has 0 saturated heterocycles. The van der Waals surface area contributed by atoms with Gasteiger partial charge in [0, 0.05) is 41.9 Å². The Labute approximate surface area is 374 Å². The van der Waals surface area contributed by atoms with Crippen LogP contribution in [0.25, 0.3) is 35.3 Å².